The maximum atomic E-state index is 5.33. The van der Waals surface area contributed by atoms with Crippen LogP contribution in [-0.2, 0) is 4.74 Å². The monoisotopic (exact) mass is 306 g/mol. The van der Waals surface area contributed by atoms with Crippen LogP contribution in [0.25, 0.3) is 0 Å². The van der Waals surface area contributed by atoms with Gasteiger partial charge in [-0.2, -0.15) is 0 Å². The molecule has 0 saturated heterocycles. The van der Waals surface area contributed by atoms with E-state index in [0.717, 1.165) is 30.3 Å². The van der Waals surface area contributed by atoms with E-state index in [0.29, 0.717) is 0 Å². The lowest BCUT2D eigenvalue weighted by Gasteiger charge is -2.37. The van der Waals surface area contributed by atoms with Gasteiger partial charge in [0.2, 0.25) is 0 Å². The standard InChI is InChI=1S/C21H38O/c1-3-4-5-6-7-8-18-9-13-20(14-10-18)21-15-11-19(12-16-21)17-22-2/h7-8,18-21H,3-6,9-17H2,1-2H3/b8-7+/t18-,19?,20-,21?. The van der Waals surface area contributed by atoms with Crippen molar-refractivity contribution in [1.29, 1.82) is 0 Å². The summed E-state index contributed by atoms with van der Waals surface area (Å²) in [5, 5.41) is 0. The van der Waals surface area contributed by atoms with Crippen LogP contribution in [0.4, 0.5) is 0 Å². The second kappa shape index (κ2) is 10.5. The second-order valence-electron chi connectivity index (χ2n) is 7.83. The molecule has 0 N–H and O–H groups in total. The van der Waals surface area contributed by atoms with Crippen molar-refractivity contribution in [1.82, 2.24) is 0 Å². The number of ether oxygens (including phenoxy) is 1. The summed E-state index contributed by atoms with van der Waals surface area (Å²) in [5.74, 6) is 3.81. The molecule has 1 heteroatoms. The van der Waals surface area contributed by atoms with Crippen molar-refractivity contribution < 1.29 is 4.74 Å². The number of allylic oxidation sites excluding steroid dienone is 2. The van der Waals surface area contributed by atoms with Crippen molar-refractivity contribution in [3.05, 3.63) is 12.2 Å². The Hall–Kier alpha value is -0.300. The van der Waals surface area contributed by atoms with Gasteiger partial charge in [-0.05, 0) is 87.9 Å². The molecule has 0 aliphatic heterocycles. The van der Waals surface area contributed by atoms with Gasteiger partial charge in [0.05, 0.1) is 0 Å². The number of unbranched alkanes of at least 4 members (excludes halogenated alkanes) is 3. The Labute approximate surface area is 138 Å². The summed E-state index contributed by atoms with van der Waals surface area (Å²) in [6.07, 6.45) is 22.1. The molecule has 0 spiro atoms. The summed E-state index contributed by atoms with van der Waals surface area (Å²) < 4.78 is 5.33. The minimum Gasteiger partial charge on any atom is -0.384 e. The number of hydrogen-bond donors (Lipinski definition) is 0. The van der Waals surface area contributed by atoms with Crippen molar-refractivity contribution in [2.75, 3.05) is 13.7 Å². The van der Waals surface area contributed by atoms with Crippen LogP contribution in [0.1, 0.15) is 84.0 Å². The molecule has 0 heterocycles. The van der Waals surface area contributed by atoms with Gasteiger partial charge in [0.1, 0.15) is 0 Å². The highest BCUT2D eigenvalue weighted by atomic mass is 16.5. The fraction of sp³-hybridized carbons (Fsp3) is 0.905. The molecule has 0 amide bonds. The Balaban J connectivity index is 1.61. The molecule has 1 nitrogen and oxygen atoms in total. The van der Waals surface area contributed by atoms with Gasteiger partial charge in [0, 0.05) is 13.7 Å². The van der Waals surface area contributed by atoms with Crippen molar-refractivity contribution in [2.24, 2.45) is 23.7 Å². The highest BCUT2D eigenvalue weighted by molar-refractivity contribution is 4.92. The predicted octanol–water partition coefficient (Wildman–Crippen LogP) is 6.38. The van der Waals surface area contributed by atoms with Gasteiger partial charge in [-0.3, -0.25) is 0 Å². The first-order valence-electron chi connectivity index (χ1n) is 9.99. The van der Waals surface area contributed by atoms with Gasteiger partial charge in [-0.15, -0.1) is 0 Å². The van der Waals surface area contributed by atoms with Gasteiger partial charge in [-0.1, -0.05) is 31.9 Å². The largest absolute Gasteiger partial charge is 0.384 e. The van der Waals surface area contributed by atoms with E-state index >= 15 is 0 Å². The van der Waals surface area contributed by atoms with E-state index < -0.39 is 0 Å². The van der Waals surface area contributed by atoms with Gasteiger partial charge < -0.3 is 4.74 Å². The van der Waals surface area contributed by atoms with E-state index in [1.807, 2.05) is 7.11 Å². The lowest BCUT2D eigenvalue weighted by molar-refractivity contribution is 0.0957. The Morgan fingerprint density at radius 3 is 2.09 bits per heavy atom. The average Bonchev–Trinajstić information content (AvgIpc) is 2.56. The lowest BCUT2D eigenvalue weighted by atomic mass is 9.69. The van der Waals surface area contributed by atoms with Crippen LogP contribution in [0.5, 0.6) is 0 Å². The average molecular weight is 307 g/mol. The zero-order valence-corrected chi connectivity index (χ0v) is 15.1. The van der Waals surface area contributed by atoms with Crippen molar-refractivity contribution in [3.8, 4) is 0 Å². The fourth-order valence-electron chi connectivity index (χ4n) is 4.67. The van der Waals surface area contributed by atoms with E-state index in [1.165, 1.54) is 77.0 Å². The van der Waals surface area contributed by atoms with E-state index in [-0.39, 0.29) is 0 Å². The maximum Gasteiger partial charge on any atom is 0.0490 e. The van der Waals surface area contributed by atoms with E-state index in [9.17, 15) is 0 Å². The maximum absolute atomic E-state index is 5.33. The molecule has 0 bridgehead atoms. The Bertz CT molecular complexity index is 293. The summed E-state index contributed by atoms with van der Waals surface area (Å²) in [6, 6.07) is 0. The molecule has 0 aromatic carbocycles. The molecule has 0 unspecified atom stereocenters. The van der Waals surface area contributed by atoms with Gasteiger partial charge in [-0.25, -0.2) is 0 Å². The SMILES string of the molecule is CCCCC/C=C/[C@H]1CC[C@H](C2CCC(COC)CC2)CC1. The Morgan fingerprint density at radius 1 is 0.864 bits per heavy atom. The molecular formula is C21H38O. The normalized spacial score (nSPS) is 33.4. The van der Waals surface area contributed by atoms with Crippen LogP contribution in [-0.4, -0.2) is 13.7 Å². The van der Waals surface area contributed by atoms with E-state index in [1.54, 1.807) is 0 Å². The molecule has 0 radical (unpaired) electrons. The van der Waals surface area contributed by atoms with Crippen LogP contribution in [0.3, 0.4) is 0 Å². The number of hydrogen-bond acceptors (Lipinski definition) is 1. The second-order valence-corrected chi connectivity index (χ2v) is 7.83. The van der Waals surface area contributed by atoms with Crippen molar-refractivity contribution in [2.45, 2.75) is 84.0 Å². The van der Waals surface area contributed by atoms with Crippen LogP contribution in [0, 0.1) is 23.7 Å². The third-order valence-corrected chi connectivity index (χ3v) is 6.16. The Kier molecular flexibility index (Phi) is 8.59. The molecule has 2 rings (SSSR count). The summed E-state index contributed by atoms with van der Waals surface area (Å²) in [5.41, 5.74) is 0. The molecule has 128 valence electrons. The summed E-state index contributed by atoms with van der Waals surface area (Å²) in [4.78, 5) is 0. The molecule has 0 atom stereocenters. The molecular weight excluding hydrogens is 268 g/mol. The van der Waals surface area contributed by atoms with Crippen LogP contribution in [0.2, 0.25) is 0 Å². The lowest BCUT2D eigenvalue weighted by Crippen LogP contribution is -2.26. The molecule has 0 aromatic rings. The summed E-state index contributed by atoms with van der Waals surface area (Å²) in [7, 11) is 1.85. The molecule has 2 fully saturated rings. The van der Waals surface area contributed by atoms with Crippen LogP contribution in [0.15, 0.2) is 12.2 Å². The molecule has 2 saturated carbocycles. The quantitative estimate of drug-likeness (QED) is 0.373. The fourth-order valence-corrected chi connectivity index (χ4v) is 4.67. The van der Waals surface area contributed by atoms with E-state index in [4.69, 9.17) is 4.74 Å². The van der Waals surface area contributed by atoms with Gasteiger partial charge in [0.25, 0.3) is 0 Å². The smallest absolute Gasteiger partial charge is 0.0490 e. The predicted molar refractivity (Wildman–Crippen MR) is 96.1 cm³/mol. The topological polar surface area (TPSA) is 9.23 Å². The molecule has 0 aromatic heterocycles. The first kappa shape index (κ1) is 18.0. The first-order chi connectivity index (χ1) is 10.8. The van der Waals surface area contributed by atoms with Crippen LogP contribution < -0.4 is 0 Å². The van der Waals surface area contributed by atoms with E-state index in [2.05, 4.69) is 19.1 Å². The van der Waals surface area contributed by atoms with Crippen molar-refractivity contribution >= 4 is 0 Å². The van der Waals surface area contributed by atoms with Gasteiger partial charge >= 0.3 is 0 Å². The van der Waals surface area contributed by atoms with Crippen molar-refractivity contribution in [3.63, 3.8) is 0 Å². The zero-order chi connectivity index (χ0) is 15.6. The zero-order valence-electron chi connectivity index (χ0n) is 15.1. The first-order valence-corrected chi connectivity index (χ1v) is 9.99. The minimum absolute atomic E-state index is 0.851. The highest BCUT2D eigenvalue weighted by Gasteiger charge is 2.30. The molecule has 22 heavy (non-hydrogen) atoms. The number of methoxy groups -OCH3 is 1. The summed E-state index contributed by atoms with van der Waals surface area (Å²) in [6.45, 7) is 3.27. The number of rotatable bonds is 8. The Morgan fingerprint density at radius 2 is 1.50 bits per heavy atom. The van der Waals surface area contributed by atoms with Crippen LogP contribution >= 0.6 is 0 Å². The summed E-state index contributed by atoms with van der Waals surface area (Å²) >= 11 is 0. The highest BCUT2D eigenvalue weighted by Crippen LogP contribution is 2.41. The molecule has 2 aliphatic rings. The molecule has 2 aliphatic carbocycles. The third kappa shape index (κ3) is 6.07. The van der Waals surface area contributed by atoms with Gasteiger partial charge in [0.15, 0.2) is 0 Å². The minimum atomic E-state index is 0.851. The third-order valence-electron chi connectivity index (χ3n) is 6.16.